The number of halogens is 1. The molecule has 0 aliphatic heterocycles. The second-order valence-corrected chi connectivity index (χ2v) is 6.76. The summed E-state index contributed by atoms with van der Waals surface area (Å²) in [5, 5.41) is 5.80. The lowest BCUT2D eigenvalue weighted by atomic mass is 9.80. The first-order valence-electron chi connectivity index (χ1n) is 7.82. The minimum Gasteiger partial charge on any atom is -0.313 e. The zero-order chi connectivity index (χ0) is 14.7. The number of thiophene rings is 1. The van der Waals surface area contributed by atoms with Crippen molar-refractivity contribution in [3.63, 3.8) is 0 Å². The van der Waals surface area contributed by atoms with Crippen molar-refractivity contribution < 1.29 is 4.39 Å². The van der Waals surface area contributed by atoms with Crippen molar-refractivity contribution in [1.82, 2.24) is 5.32 Å². The van der Waals surface area contributed by atoms with E-state index in [9.17, 15) is 4.39 Å². The Hall–Kier alpha value is -1.19. The van der Waals surface area contributed by atoms with E-state index in [1.807, 2.05) is 23.5 Å². The summed E-state index contributed by atoms with van der Waals surface area (Å²) in [5.41, 5.74) is 2.32. The van der Waals surface area contributed by atoms with Gasteiger partial charge >= 0.3 is 0 Å². The number of nitrogens with one attached hydrogen (secondary N) is 1. The van der Waals surface area contributed by atoms with Gasteiger partial charge in [0.1, 0.15) is 5.82 Å². The zero-order valence-corrected chi connectivity index (χ0v) is 13.3. The third-order valence-corrected chi connectivity index (χ3v) is 5.44. The molecule has 3 rings (SSSR count). The van der Waals surface area contributed by atoms with Gasteiger partial charge in [-0.25, -0.2) is 4.39 Å². The maximum atomic E-state index is 14.0. The molecule has 0 fully saturated rings. The monoisotopic (exact) mass is 303 g/mol. The van der Waals surface area contributed by atoms with E-state index in [0.717, 1.165) is 18.5 Å². The fourth-order valence-electron chi connectivity index (χ4n) is 3.46. The molecule has 1 aliphatic rings. The topological polar surface area (TPSA) is 12.0 Å². The van der Waals surface area contributed by atoms with Gasteiger partial charge in [0.15, 0.2) is 0 Å². The maximum absolute atomic E-state index is 14.0. The Balaban J connectivity index is 1.84. The van der Waals surface area contributed by atoms with Crippen LogP contribution >= 0.6 is 11.3 Å². The number of hydrogen-bond acceptors (Lipinski definition) is 2. The quantitative estimate of drug-likeness (QED) is 0.856. The SMILES string of the molecule is CCNC(Cc1ccccc1F)C1CCCc2sccc21. The van der Waals surface area contributed by atoms with Crippen molar-refractivity contribution in [1.29, 1.82) is 0 Å². The third-order valence-electron chi connectivity index (χ3n) is 4.45. The highest BCUT2D eigenvalue weighted by Gasteiger charge is 2.28. The molecule has 2 unspecified atom stereocenters. The number of benzene rings is 1. The molecule has 0 saturated carbocycles. The van der Waals surface area contributed by atoms with Gasteiger partial charge in [-0.1, -0.05) is 25.1 Å². The maximum Gasteiger partial charge on any atom is 0.126 e. The Morgan fingerprint density at radius 3 is 3.00 bits per heavy atom. The minimum absolute atomic E-state index is 0.0817. The fraction of sp³-hybridized carbons (Fsp3) is 0.444. The van der Waals surface area contributed by atoms with Gasteiger partial charge in [-0.3, -0.25) is 0 Å². The van der Waals surface area contributed by atoms with Crippen molar-refractivity contribution in [2.45, 2.75) is 44.6 Å². The first-order valence-corrected chi connectivity index (χ1v) is 8.70. The van der Waals surface area contributed by atoms with Crippen LogP contribution in [0.4, 0.5) is 4.39 Å². The smallest absolute Gasteiger partial charge is 0.126 e. The molecule has 1 aromatic carbocycles. The van der Waals surface area contributed by atoms with Gasteiger partial charge in [0.2, 0.25) is 0 Å². The molecule has 0 bridgehead atoms. The second kappa shape index (κ2) is 6.71. The first-order chi connectivity index (χ1) is 10.3. The zero-order valence-electron chi connectivity index (χ0n) is 12.4. The van der Waals surface area contributed by atoms with E-state index in [0.29, 0.717) is 12.0 Å². The predicted molar refractivity (Wildman–Crippen MR) is 87.6 cm³/mol. The number of fused-ring (bicyclic) bond motifs is 1. The lowest BCUT2D eigenvalue weighted by molar-refractivity contribution is 0.394. The second-order valence-electron chi connectivity index (χ2n) is 5.76. The summed E-state index contributed by atoms with van der Waals surface area (Å²) in [4.78, 5) is 1.53. The molecular formula is C18H22FNS. The third kappa shape index (κ3) is 3.19. The molecule has 0 amide bonds. The molecule has 0 spiro atoms. The lowest BCUT2D eigenvalue weighted by Crippen LogP contribution is -2.38. The van der Waals surface area contributed by atoms with E-state index in [1.54, 1.807) is 12.1 Å². The molecular weight excluding hydrogens is 281 g/mol. The largest absolute Gasteiger partial charge is 0.313 e. The molecule has 0 saturated heterocycles. The summed E-state index contributed by atoms with van der Waals surface area (Å²) in [5.74, 6) is 0.432. The van der Waals surface area contributed by atoms with E-state index in [4.69, 9.17) is 0 Å². The van der Waals surface area contributed by atoms with Crippen LogP contribution in [0.1, 0.15) is 41.7 Å². The van der Waals surface area contributed by atoms with Gasteiger partial charge in [0.25, 0.3) is 0 Å². The molecule has 1 N–H and O–H groups in total. The van der Waals surface area contributed by atoms with E-state index < -0.39 is 0 Å². The van der Waals surface area contributed by atoms with Crippen LogP contribution in [0.15, 0.2) is 35.7 Å². The van der Waals surface area contributed by atoms with Crippen molar-refractivity contribution in [3.05, 3.63) is 57.5 Å². The Kier molecular flexibility index (Phi) is 4.71. The van der Waals surface area contributed by atoms with Crippen LogP contribution in [0.2, 0.25) is 0 Å². The van der Waals surface area contributed by atoms with Gasteiger partial charge < -0.3 is 5.32 Å². The van der Waals surface area contributed by atoms with Gasteiger partial charge in [0.05, 0.1) is 0 Å². The highest BCUT2D eigenvalue weighted by molar-refractivity contribution is 7.10. The Morgan fingerprint density at radius 1 is 1.33 bits per heavy atom. The minimum atomic E-state index is -0.0817. The normalized spacial score (nSPS) is 19.2. The average Bonchev–Trinajstić information content (AvgIpc) is 2.97. The Bertz CT molecular complexity index is 592. The van der Waals surface area contributed by atoms with Crippen LogP contribution in [0.25, 0.3) is 0 Å². The molecule has 2 atom stereocenters. The Morgan fingerprint density at radius 2 is 2.19 bits per heavy atom. The molecule has 0 radical (unpaired) electrons. The van der Waals surface area contributed by atoms with Crippen molar-refractivity contribution in [3.8, 4) is 0 Å². The van der Waals surface area contributed by atoms with Crippen LogP contribution in [-0.4, -0.2) is 12.6 Å². The van der Waals surface area contributed by atoms with Crippen molar-refractivity contribution in [2.75, 3.05) is 6.54 Å². The number of likely N-dealkylation sites (N-methyl/N-ethyl adjacent to an activating group) is 1. The van der Waals surface area contributed by atoms with Gasteiger partial charge in [-0.05, 0) is 60.9 Å². The molecule has 1 aromatic heterocycles. The Labute approximate surface area is 130 Å². The van der Waals surface area contributed by atoms with Gasteiger partial charge in [0, 0.05) is 16.8 Å². The summed E-state index contributed by atoms with van der Waals surface area (Å²) >= 11 is 1.87. The number of aryl methyl sites for hydroxylation is 1. The van der Waals surface area contributed by atoms with Crippen LogP contribution in [0, 0.1) is 5.82 Å². The fourth-order valence-corrected chi connectivity index (χ4v) is 4.46. The molecule has 1 nitrogen and oxygen atoms in total. The highest BCUT2D eigenvalue weighted by Crippen LogP contribution is 2.37. The molecule has 2 aromatic rings. The molecule has 21 heavy (non-hydrogen) atoms. The van der Waals surface area contributed by atoms with Crippen LogP contribution in [-0.2, 0) is 12.8 Å². The van der Waals surface area contributed by atoms with Crippen LogP contribution < -0.4 is 5.32 Å². The number of rotatable bonds is 5. The summed E-state index contributed by atoms with van der Waals surface area (Å²) in [6.45, 7) is 3.06. The predicted octanol–water partition coefficient (Wildman–Crippen LogP) is 4.53. The van der Waals surface area contributed by atoms with Crippen molar-refractivity contribution in [2.24, 2.45) is 0 Å². The van der Waals surface area contributed by atoms with Gasteiger partial charge in [-0.15, -0.1) is 11.3 Å². The van der Waals surface area contributed by atoms with E-state index in [1.165, 1.54) is 29.7 Å². The molecule has 3 heteroatoms. The standard InChI is InChI=1S/C18H22FNS/c1-2-20-17(12-13-6-3-4-8-16(13)19)14-7-5-9-18-15(14)10-11-21-18/h3-4,6,8,10-11,14,17,20H,2,5,7,9,12H2,1H3. The van der Waals surface area contributed by atoms with Crippen LogP contribution in [0.3, 0.4) is 0 Å². The highest BCUT2D eigenvalue weighted by atomic mass is 32.1. The molecule has 1 heterocycles. The molecule has 112 valence electrons. The first kappa shape index (κ1) is 14.7. The van der Waals surface area contributed by atoms with E-state index in [-0.39, 0.29) is 5.82 Å². The lowest BCUT2D eigenvalue weighted by Gasteiger charge is -2.31. The van der Waals surface area contributed by atoms with Crippen LogP contribution in [0.5, 0.6) is 0 Å². The molecule has 1 aliphatic carbocycles. The summed E-state index contributed by atoms with van der Waals surface area (Å²) < 4.78 is 14.0. The van der Waals surface area contributed by atoms with Crippen molar-refractivity contribution >= 4 is 11.3 Å². The average molecular weight is 303 g/mol. The number of hydrogen-bond donors (Lipinski definition) is 1. The van der Waals surface area contributed by atoms with Gasteiger partial charge in [-0.2, -0.15) is 0 Å². The van der Waals surface area contributed by atoms with E-state index in [2.05, 4.69) is 23.7 Å². The summed E-state index contributed by atoms with van der Waals surface area (Å²) in [6.07, 6.45) is 4.43. The summed E-state index contributed by atoms with van der Waals surface area (Å²) in [6, 6.07) is 9.76. The summed E-state index contributed by atoms with van der Waals surface area (Å²) in [7, 11) is 0. The van der Waals surface area contributed by atoms with E-state index >= 15 is 0 Å².